The van der Waals surface area contributed by atoms with Crippen molar-refractivity contribution in [2.24, 2.45) is 0 Å². The smallest absolute Gasteiger partial charge is 0.448 e. The Kier molecular flexibility index (Phi) is 7.28. The van der Waals surface area contributed by atoms with Gasteiger partial charge in [-0.3, -0.25) is 0 Å². The number of hydrogen-bond acceptors (Lipinski definition) is 1. The summed E-state index contributed by atoms with van der Waals surface area (Å²) in [6, 6.07) is 0. The molecule has 6 heteroatoms. The Morgan fingerprint density at radius 2 is 1.64 bits per heavy atom. The second-order valence-corrected chi connectivity index (χ2v) is 3.45. The van der Waals surface area contributed by atoms with Crippen LogP contribution in [0.25, 0.3) is 0 Å². The first kappa shape index (κ1) is 15.2. The molecule has 76 valence electrons. The maximum atomic E-state index is 12.5. The summed E-state index contributed by atoms with van der Waals surface area (Å²) in [6.07, 6.45) is 3.81. The van der Waals surface area contributed by atoms with Crippen molar-refractivity contribution in [3.63, 3.8) is 0 Å². The number of halogens is 3. The van der Waals surface area contributed by atoms with Crippen molar-refractivity contribution in [1.29, 1.82) is 0 Å². The van der Waals surface area contributed by atoms with Crippen LogP contribution in [0.1, 0.15) is 19.3 Å². The van der Waals surface area contributed by atoms with Crippen molar-refractivity contribution in [2.45, 2.75) is 25.2 Å². The minimum absolute atomic E-state index is 0. The van der Waals surface area contributed by atoms with Crippen molar-refractivity contribution in [2.75, 3.05) is 13.1 Å². The van der Waals surface area contributed by atoms with Gasteiger partial charge in [0.25, 0.3) is 0 Å². The summed E-state index contributed by atoms with van der Waals surface area (Å²) in [5.74, 6) is -1.39. The van der Waals surface area contributed by atoms with Crippen LogP contribution in [-0.2, 0) is 0 Å². The van der Waals surface area contributed by atoms with Gasteiger partial charge >= 0.3 is 58.4 Å². The molecule has 1 saturated heterocycles. The van der Waals surface area contributed by atoms with Crippen LogP contribution in [-0.4, -0.2) is 30.9 Å². The summed E-state index contributed by atoms with van der Waals surface area (Å²) >= 11 is 0. The third-order valence-electron chi connectivity index (χ3n) is 2.44. The molecule has 1 aliphatic heterocycles. The molecule has 0 aromatic heterocycles. The van der Waals surface area contributed by atoms with Gasteiger partial charge in [0.05, 0.1) is 0 Å². The van der Waals surface area contributed by atoms with E-state index in [-0.39, 0.29) is 51.4 Å². The topological polar surface area (TPSA) is 3.24 Å². The molecule has 0 bridgehead atoms. The fourth-order valence-corrected chi connectivity index (χ4v) is 1.76. The van der Waals surface area contributed by atoms with Gasteiger partial charge in [-0.1, -0.05) is 6.42 Å². The molecule has 1 aliphatic rings. The number of piperidine rings is 1. The summed E-state index contributed by atoms with van der Waals surface area (Å²) in [5, 5.41) is 0. The summed E-state index contributed by atoms with van der Waals surface area (Å²) < 4.78 is 37.4. The Morgan fingerprint density at radius 1 is 1.14 bits per heavy atom. The molecule has 0 radical (unpaired) electrons. The summed E-state index contributed by atoms with van der Waals surface area (Å²) in [7, 11) is 0. The van der Waals surface area contributed by atoms with Gasteiger partial charge < -0.3 is 17.8 Å². The zero-order valence-electron chi connectivity index (χ0n) is 8.56. The molecular formula is C8H14BF3KN. The van der Waals surface area contributed by atoms with Gasteiger partial charge in [-0.15, -0.1) is 12.7 Å². The largest absolute Gasteiger partial charge is 1.00 e. The zero-order valence-corrected chi connectivity index (χ0v) is 11.7. The summed E-state index contributed by atoms with van der Waals surface area (Å²) in [6.45, 7) is -0.433. The average Bonchev–Trinajstić information content (AvgIpc) is 2.05. The normalized spacial score (nSPS) is 21.1. The quantitative estimate of drug-likeness (QED) is 0.464. The predicted octanol–water partition coefficient (Wildman–Crippen LogP) is -0.582. The minimum atomic E-state index is -4.80. The zero-order chi connectivity index (χ0) is 9.90. The first-order valence-electron chi connectivity index (χ1n) is 4.62. The Labute approximate surface area is 126 Å². The summed E-state index contributed by atoms with van der Waals surface area (Å²) in [4.78, 5) is 1.48. The SMILES string of the molecule is C=CC(N1CCCCC1)[B-](F)(F)F.[K+]. The standard InChI is InChI=1S/C8H14BF3N.K/c1-2-8(9(10,11)12)13-6-4-3-5-7-13;/h2,8H,1,3-7H2;/q-1;+1. The Balaban J connectivity index is 0.00000169. The molecule has 1 nitrogen and oxygen atoms in total. The third-order valence-corrected chi connectivity index (χ3v) is 2.44. The molecule has 1 rings (SSSR count). The molecule has 1 atom stereocenters. The van der Waals surface area contributed by atoms with Crippen molar-refractivity contribution < 1.29 is 64.3 Å². The van der Waals surface area contributed by atoms with Gasteiger partial charge in [-0.05, 0) is 31.9 Å². The molecule has 0 aromatic carbocycles. The molecule has 14 heavy (non-hydrogen) atoms. The van der Waals surface area contributed by atoms with E-state index in [9.17, 15) is 12.9 Å². The minimum Gasteiger partial charge on any atom is -0.448 e. The van der Waals surface area contributed by atoms with Crippen LogP contribution < -0.4 is 51.4 Å². The van der Waals surface area contributed by atoms with Gasteiger partial charge in [0.1, 0.15) is 0 Å². The fraction of sp³-hybridized carbons (Fsp3) is 0.750. The first-order chi connectivity index (χ1) is 6.05. The van der Waals surface area contributed by atoms with E-state index < -0.39 is 12.9 Å². The second-order valence-electron chi connectivity index (χ2n) is 3.45. The van der Waals surface area contributed by atoms with E-state index in [1.165, 1.54) is 4.90 Å². The molecule has 1 heterocycles. The van der Waals surface area contributed by atoms with Crippen molar-refractivity contribution in [1.82, 2.24) is 4.90 Å². The number of nitrogens with zero attached hydrogens (tertiary/aromatic N) is 1. The third kappa shape index (κ3) is 4.37. The Morgan fingerprint density at radius 3 is 2.00 bits per heavy atom. The Bertz CT molecular complexity index is 180. The van der Waals surface area contributed by atoms with Crippen LogP contribution in [0, 0.1) is 0 Å². The van der Waals surface area contributed by atoms with Gasteiger partial charge in [0.15, 0.2) is 0 Å². The molecule has 0 spiro atoms. The van der Waals surface area contributed by atoms with Crippen LogP contribution in [0.5, 0.6) is 0 Å². The van der Waals surface area contributed by atoms with Crippen LogP contribution in [0.15, 0.2) is 12.7 Å². The summed E-state index contributed by atoms with van der Waals surface area (Å²) in [5.41, 5.74) is 0. The number of rotatable bonds is 3. The molecule has 0 N–H and O–H groups in total. The van der Waals surface area contributed by atoms with E-state index in [2.05, 4.69) is 6.58 Å². The number of hydrogen-bond donors (Lipinski definition) is 0. The maximum absolute atomic E-state index is 12.5. The van der Waals surface area contributed by atoms with Crippen molar-refractivity contribution in [3.05, 3.63) is 12.7 Å². The van der Waals surface area contributed by atoms with E-state index in [0.717, 1.165) is 25.3 Å². The first-order valence-corrected chi connectivity index (χ1v) is 4.62. The second kappa shape index (κ2) is 6.70. The predicted molar refractivity (Wildman–Crippen MR) is 48.5 cm³/mol. The molecule has 0 aliphatic carbocycles. The van der Waals surface area contributed by atoms with E-state index in [1.54, 1.807) is 0 Å². The van der Waals surface area contributed by atoms with Crippen LogP contribution in [0.4, 0.5) is 12.9 Å². The molecule has 1 fully saturated rings. The van der Waals surface area contributed by atoms with E-state index >= 15 is 0 Å². The van der Waals surface area contributed by atoms with Gasteiger partial charge in [0, 0.05) is 0 Å². The van der Waals surface area contributed by atoms with Crippen LogP contribution >= 0.6 is 0 Å². The molecule has 0 aromatic rings. The number of likely N-dealkylation sites (tertiary alicyclic amines) is 1. The van der Waals surface area contributed by atoms with E-state index in [4.69, 9.17) is 0 Å². The monoisotopic (exact) mass is 231 g/mol. The van der Waals surface area contributed by atoms with Gasteiger partial charge in [-0.25, -0.2) is 0 Å². The van der Waals surface area contributed by atoms with Crippen LogP contribution in [0.2, 0.25) is 0 Å². The van der Waals surface area contributed by atoms with Gasteiger partial charge in [-0.2, -0.15) is 0 Å². The maximum Gasteiger partial charge on any atom is 1.00 e. The fourth-order valence-electron chi connectivity index (χ4n) is 1.76. The van der Waals surface area contributed by atoms with E-state index in [0.29, 0.717) is 13.1 Å². The molecule has 0 saturated carbocycles. The van der Waals surface area contributed by atoms with Gasteiger partial charge in [0.2, 0.25) is 0 Å². The average molecular weight is 231 g/mol. The van der Waals surface area contributed by atoms with E-state index in [1.807, 2.05) is 0 Å². The van der Waals surface area contributed by atoms with Crippen LogP contribution in [0.3, 0.4) is 0 Å². The Hall–Kier alpha value is 1.19. The molecular weight excluding hydrogens is 217 g/mol. The van der Waals surface area contributed by atoms with Crippen molar-refractivity contribution in [3.8, 4) is 0 Å². The molecule has 1 unspecified atom stereocenters. The van der Waals surface area contributed by atoms with Crippen molar-refractivity contribution >= 4 is 6.98 Å². The molecule has 0 amide bonds.